The van der Waals surface area contributed by atoms with Crippen LogP contribution in [0.5, 0.6) is 0 Å². The fraction of sp³-hybridized carbons (Fsp3) is 0.733. The molecule has 190 valence electrons. The van der Waals surface area contributed by atoms with Crippen LogP contribution in [0, 0.1) is 17.3 Å². The summed E-state index contributed by atoms with van der Waals surface area (Å²) in [7, 11) is 0. The maximum atomic E-state index is 12.1. The Morgan fingerprint density at radius 1 is 0.914 bits per heavy atom. The summed E-state index contributed by atoms with van der Waals surface area (Å²) in [6, 6.07) is 9.22. The minimum Gasteiger partial charge on any atom is -0.393 e. The summed E-state index contributed by atoms with van der Waals surface area (Å²) in [5.74, 6) is 0.940. The second-order valence-corrected chi connectivity index (χ2v) is 12.8. The summed E-state index contributed by atoms with van der Waals surface area (Å²) < 4.78 is 12.1. The van der Waals surface area contributed by atoms with Crippen molar-refractivity contribution < 1.29 is 24.8 Å². The standard InChI is InChI=1S/C30H40O5/c1-27-16-23(21-6-4-20(5-7-21)19-2-3-19)26-22(24(27)9-12-29(27,33)18-31)8-11-28(32)17-30(13-10-25(26)28)34-14-15-35-30/h4-7,19,22-24,31-33H,2-3,8-18H2,1H3/t22-,23+,24-,27-,28+,29?/m0/s1. The van der Waals surface area contributed by atoms with Gasteiger partial charge < -0.3 is 24.8 Å². The summed E-state index contributed by atoms with van der Waals surface area (Å²) in [5, 5.41) is 34.0. The molecule has 6 aliphatic rings. The Hall–Kier alpha value is -1.24. The third-order valence-corrected chi connectivity index (χ3v) is 11.2. The molecule has 7 rings (SSSR count). The van der Waals surface area contributed by atoms with Gasteiger partial charge in [-0.15, -0.1) is 0 Å². The molecule has 0 amide bonds. The number of hydrogen-bond donors (Lipinski definition) is 3. The van der Waals surface area contributed by atoms with E-state index in [1.165, 1.54) is 35.1 Å². The predicted octanol–water partition coefficient (Wildman–Crippen LogP) is 4.56. The van der Waals surface area contributed by atoms with Gasteiger partial charge >= 0.3 is 0 Å². The first-order chi connectivity index (χ1) is 16.8. The van der Waals surface area contributed by atoms with E-state index in [2.05, 4.69) is 31.2 Å². The van der Waals surface area contributed by atoms with Crippen molar-refractivity contribution in [2.45, 2.75) is 100.0 Å². The molecule has 0 radical (unpaired) electrons. The molecule has 1 heterocycles. The van der Waals surface area contributed by atoms with Crippen molar-refractivity contribution in [3.05, 3.63) is 46.5 Å². The van der Waals surface area contributed by atoms with Gasteiger partial charge in [0, 0.05) is 24.2 Å². The van der Waals surface area contributed by atoms with Crippen LogP contribution in [0.2, 0.25) is 0 Å². The van der Waals surface area contributed by atoms with Gasteiger partial charge in [0.05, 0.1) is 31.0 Å². The largest absolute Gasteiger partial charge is 0.393 e. The molecule has 1 spiro atoms. The second-order valence-electron chi connectivity index (χ2n) is 12.8. The van der Waals surface area contributed by atoms with Gasteiger partial charge in [-0.25, -0.2) is 0 Å². The maximum absolute atomic E-state index is 12.1. The fourth-order valence-corrected chi connectivity index (χ4v) is 9.08. The van der Waals surface area contributed by atoms with Gasteiger partial charge in [-0.1, -0.05) is 36.8 Å². The molecular weight excluding hydrogens is 440 g/mol. The van der Waals surface area contributed by atoms with E-state index in [0.717, 1.165) is 44.4 Å². The van der Waals surface area contributed by atoms with Crippen LogP contribution in [-0.2, 0) is 9.47 Å². The van der Waals surface area contributed by atoms with Crippen molar-refractivity contribution in [3.8, 4) is 0 Å². The molecule has 35 heavy (non-hydrogen) atoms. The number of allylic oxidation sites excluding steroid dienone is 1. The lowest BCUT2D eigenvalue weighted by Gasteiger charge is -2.57. The third kappa shape index (κ3) is 3.24. The molecule has 5 fully saturated rings. The van der Waals surface area contributed by atoms with Crippen LogP contribution in [0.15, 0.2) is 35.4 Å². The normalized spacial score (nSPS) is 44.3. The van der Waals surface area contributed by atoms with Crippen LogP contribution in [0.1, 0.15) is 94.1 Å². The van der Waals surface area contributed by atoms with Crippen molar-refractivity contribution in [2.24, 2.45) is 17.3 Å². The summed E-state index contributed by atoms with van der Waals surface area (Å²) >= 11 is 0. The second kappa shape index (κ2) is 7.64. The van der Waals surface area contributed by atoms with Crippen LogP contribution in [0.3, 0.4) is 0 Å². The Kier molecular flexibility index (Phi) is 5.00. The molecule has 3 N–H and O–H groups in total. The Morgan fingerprint density at radius 3 is 2.31 bits per heavy atom. The molecule has 1 saturated heterocycles. The lowest BCUT2D eigenvalue weighted by molar-refractivity contribution is -0.208. The molecule has 1 unspecified atom stereocenters. The fourth-order valence-electron chi connectivity index (χ4n) is 9.08. The van der Waals surface area contributed by atoms with Crippen LogP contribution < -0.4 is 0 Å². The molecule has 5 nitrogen and oxygen atoms in total. The maximum Gasteiger partial charge on any atom is 0.171 e. The first-order valence-electron chi connectivity index (χ1n) is 14.0. The summed E-state index contributed by atoms with van der Waals surface area (Å²) in [4.78, 5) is 0. The lowest BCUT2D eigenvalue weighted by Crippen LogP contribution is -2.56. The average molecular weight is 481 g/mol. The first kappa shape index (κ1) is 22.9. The predicted molar refractivity (Wildman–Crippen MR) is 132 cm³/mol. The van der Waals surface area contributed by atoms with Gasteiger partial charge in [0.25, 0.3) is 0 Å². The number of benzene rings is 1. The monoisotopic (exact) mass is 480 g/mol. The molecule has 4 saturated carbocycles. The number of rotatable bonds is 3. The highest BCUT2D eigenvalue weighted by Gasteiger charge is 2.64. The molecule has 0 aromatic heterocycles. The van der Waals surface area contributed by atoms with Crippen LogP contribution in [0.25, 0.3) is 0 Å². The molecule has 0 bridgehead atoms. The topological polar surface area (TPSA) is 79.2 Å². The van der Waals surface area contributed by atoms with Gasteiger partial charge in [-0.3, -0.25) is 0 Å². The van der Waals surface area contributed by atoms with Crippen LogP contribution >= 0.6 is 0 Å². The molecule has 1 aromatic carbocycles. The van der Waals surface area contributed by atoms with Gasteiger partial charge in [0.2, 0.25) is 0 Å². The highest BCUT2D eigenvalue weighted by molar-refractivity contribution is 5.44. The number of ether oxygens (including phenoxy) is 2. The average Bonchev–Trinajstić information content (AvgIpc) is 3.56. The van der Waals surface area contributed by atoms with Crippen molar-refractivity contribution in [2.75, 3.05) is 19.8 Å². The third-order valence-electron chi connectivity index (χ3n) is 11.2. The van der Waals surface area contributed by atoms with E-state index in [0.29, 0.717) is 37.9 Å². The molecule has 5 aliphatic carbocycles. The Bertz CT molecular complexity index is 1040. The van der Waals surface area contributed by atoms with E-state index in [-0.39, 0.29) is 17.9 Å². The first-order valence-corrected chi connectivity index (χ1v) is 14.0. The Morgan fingerprint density at radius 2 is 1.63 bits per heavy atom. The SMILES string of the molecule is C[C@]12C[C@H](c3ccc(C4CC4)cc3)C3=C4CCC5(C[C@]4(O)CC[C@H]3[C@@H]1CCC2(O)CO)OCCO5. The van der Waals surface area contributed by atoms with E-state index in [1.807, 2.05) is 0 Å². The minimum absolute atomic E-state index is 0.159. The molecule has 5 heteroatoms. The quantitative estimate of drug-likeness (QED) is 0.553. The molecule has 1 aliphatic heterocycles. The highest BCUT2D eigenvalue weighted by Crippen LogP contribution is 2.67. The summed E-state index contributed by atoms with van der Waals surface area (Å²) in [6.45, 7) is 3.28. The van der Waals surface area contributed by atoms with E-state index in [9.17, 15) is 15.3 Å². The van der Waals surface area contributed by atoms with Gasteiger partial charge in [-0.05, 0) is 85.8 Å². The summed E-state index contributed by atoms with van der Waals surface area (Å²) in [6.07, 6.45) is 8.80. The summed E-state index contributed by atoms with van der Waals surface area (Å²) in [5.41, 5.74) is 3.17. The smallest absolute Gasteiger partial charge is 0.171 e. The zero-order valence-electron chi connectivity index (χ0n) is 21.0. The Balaban J connectivity index is 1.34. The number of aliphatic hydroxyl groups is 3. The molecular formula is C30H40O5. The van der Waals surface area contributed by atoms with Crippen LogP contribution in [-0.4, -0.2) is 52.1 Å². The zero-order chi connectivity index (χ0) is 24.1. The lowest BCUT2D eigenvalue weighted by atomic mass is 9.49. The van der Waals surface area contributed by atoms with Gasteiger partial charge in [0.15, 0.2) is 5.79 Å². The van der Waals surface area contributed by atoms with E-state index in [1.54, 1.807) is 0 Å². The zero-order valence-corrected chi connectivity index (χ0v) is 21.0. The van der Waals surface area contributed by atoms with E-state index < -0.39 is 17.0 Å². The number of aliphatic hydroxyl groups excluding tert-OH is 1. The van der Waals surface area contributed by atoms with Crippen LogP contribution in [0.4, 0.5) is 0 Å². The number of hydrogen-bond acceptors (Lipinski definition) is 5. The van der Waals surface area contributed by atoms with Crippen molar-refractivity contribution in [1.82, 2.24) is 0 Å². The molecule has 6 atom stereocenters. The van der Waals surface area contributed by atoms with E-state index >= 15 is 0 Å². The Labute approximate surface area is 208 Å². The van der Waals surface area contributed by atoms with E-state index in [4.69, 9.17) is 9.47 Å². The molecule has 1 aromatic rings. The van der Waals surface area contributed by atoms with Crippen molar-refractivity contribution >= 4 is 0 Å². The minimum atomic E-state index is -1.03. The highest BCUT2D eigenvalue weighted by atomic mass is 16.7. The van der Waals surface area contributed by atoms with Crippen molar-refractivity contribution in [3.63, 3.8) is 0 Å². The number of fused-ring (bicyclic) bond motifs is 4. The van der Waals surface area contributed by atoms with Crippen molar-refractivity contribution in [1.29, 1.82) is 0 Å². The van der Waals surface area contributed by atoms with Gasteiger partial charge in [-0.2, -0.15) is 0 Å². The van der Waals surface area contributed by atoms with Gasteiger partial charge in [0.1, 0.15) is 0 Å².